The molecule has 0 aliphatic rings. The van der Waals surface area contributed by atoms with Gasteiger partial charge in [-0.05, 0) is 42.3 Å². The number of aryl methyl sites for hydroxylation is 1. The fourth-order valence-electron chi connectivity index (χ4n) is 2.74. The average molecular weight is 375 g/mol. The van der Waals surface area contributed by atoms with Crippen LogP contribution in [0.3, 0.4) is 0 Å². The average Bonchev–Trinajstić information content (AvgIpc) is 2.73. The highest BCUT2D eigenvalue weighted by molar-refractivity contribution is 6.07. The number of methoxy groups -OCH3 is 1. The van der Waals surface area contributed by atoms with Crippen molar-refractivity contribution in [2.75, 3.05) is 17.7 Å². The number of amides is 1. The molecule has 28 heavy (non-hydrogen) atoms. The van der Waals surface area contributed by atoms with Gasteiger partial charge in [0.1, 0.15) is 5.69 Å². The number of nitrogens with zero attached hydrogens (tertiary/aromatic N) is 1. The van der Waals surface area contributed by atoms with Crippen molar-refractivity contribution >= 4 is 23.3 Å². The van der Waals surface area contributed by atoms with E-state index < -0.39 is 11.9 Å². The fraction of sp³-hybridized carbons (Fsp3) is 0.136. The smallest absolute Gasteiger partial charge is 0.339 e. The summed E-state index contributed by atoms with van der Waals surface area (Å²) in [5, 5.41) is 6.03. The van der Waals surface area contributed by atoms with Crippen molar-refractivity contribution < 1.29 is 14.3 Å². The van der Waals surface area contributed by atoms with Crippen LogP contribution in [-0.4, -0.2) is 24.0 Å². The molecular weight excluding hydrogens is 354 g/mol. The highest BCUT2D eigenvalue weighted by atomic mass is 16.5. The molecule has 0 atom stereocenters. The summed E-state index contributed by atoms with van der Waals surface area (Å²) in [7, 11) is 1.30. The van der Waals surface area contributed by atoms with Gasteiger partial charge in [-0.3, -0.25) is 9.78 Å². The summed E-state index contributed by atoms with van der Waals surface area (Å²) in [5.74, 6) is -0.923. The van der Waals surface area contributed by atoms with Gasteiger partial charge in [0.15, 0.2) is 0 Å². The van der Waals surface area contributed by atoms with E-state index in [1.54, 1.807) is 42.6 Å². The second-order valence-electron chi connectivity index (χ2n) is 6.20. The van der Waals surface area contributed by atoms with Gasteiger partial charge >= 0.3 is 5.97 Å². The van der Waals surface area contributed by atoms with E-state index in [0.717, 1.165) is 5.69 Å². The molecule has 0 radical (unpaired) electrons. The normalized spacial score (nSPS) is 10.2. The summed E-state index contributed by atoms with van der Waals surface area (Å²) < 4.78 is 4.75. The third kappa shape index (κ3) is 4.54. The molecule has 0 aliphatic carbocycles. The molecule has 6 heteroatoms. The van der Waals surface area contributed by atoms with Crippen molar-refractivity contribution in [2.45, 2.75) is 13.5 Å². The van der Waals surface area contributed by atoms with Crippen molar-refractivity contribution in [1.29, 1.82) is 0 Å². The molecule has 6 nitrogen and oxygen atoms in total. The number of nitrogens with one attached hydrogen (secondary N) is 2. The quantitative estimate of drug-likeness (QED) is 0.636. The number of para-hydroxylation sites is 1. The monoisotopic (exact) mass is 375 g/mol. The first-order valence-corrected chi connectivity index (χ1v) is 8.81. The summed E-state index contributed by atoms with van der Waals surface area (Å²) in [5.41, 5.74) is 4.06. The Balaban J connectivity index is 1.73. The molecule has 1 aromatic heterocycles. The first-order chi connectivity index (χ1) is 13.6. The van der Waals surface area contributed by atoms with E-state index in [-0.39, 0.29) is 11.3 Å². The van der Waals surface area contributed by atoms with E-state index >= 15 is 0 Å². The minimum atomic E-state index is -0.516. The third-order valence-electron chi connectivity index (χ3n) is 4.32. The van der Waals surface area contributed by atoms with Crippen molar-refractivity contribution in [3.63, 3.8) is 0 Å². The molecule has 0 spiro atoms. The lowest BCUT2D eigenvalue weighted by atomic mass is 10.1. The van der Waals surface area contributed by atoms with Gasteiger partial charge in [-0.25, -0.2) is 4.79 Å². The Hall–Kier alpha value is -3.67. The first kappa shape index (κ1) is 19.1. The topological polar surface area (TPSA) is 80.3 Å². The molecule has 0 aliphatic heterocycles. The number of ether oxygens (including phenoxy) is 1. The lowest BCUT2D eigenvalue weighted by Gasteiger charge is -2.11. The lowest BCUT2D eigenvalue weighted by molar-refractivity contribution is 0.0602. The lowest BCUT2D eigenvalue weighted by Crippen LogP contribution is -2.17. The van der Waals surface area contributed by atoms with Crippen molar-refractivity contribution in [3.05, 3.63) is 89.2 Å². The molecule has 0 unspecified atom stereocenters. The minimum absolute atomic E-state index is 0.245. The zero-order valence-corrected chi connectivity index (χ0v) is 15.7. The molecule has 142 valence electrons. The molecule has 3 aromatic rings. The van der Waals surface area contributed by atoms with E-state index in [9.17, 15) is 9.59 Å². The summed E-state index contributed by atoms with van der Waals surface area (Å²) >= 11 is 0. The Labute approximate surface area is 163 Å². The van der Waals surface area contributed by atoms with Crippen LogP contribution in [0, 0.1) is 6.92 Å². The standard InChI is InChI=1S/C22H21N3O3/c1-15-7-3-4-8-16(15)14-24-17-11-12-23-20(13-17)21(26)25-19-10-6-5-9-18(19)22(27)28-2/h3-13H,14H2,1-2H3,(H,23,24)(H,25,26). The van der Waals surface area contributed by atoms with E-state index in [2.05, 4.69) is 34.7 Å². The second-order valence-corrected chi connectivity index (χ2v) is 6.20. The Bertz CT molecular complexity index is 1000. The molecule has 0 fully saturated rings. The summed E-state index contributed by atoms with van der Waals surface area (Å²) in [6.45, 7) is 2.70. The highest BCUT2D eigenvalue weighted by Crippen LogP contribution is 2.18. The van der Waals surface area contributed by atoms with Crippen LogP contribution < -0.4 is 10.6 Å². The molecule has 0 bridgehead atoms. The van der Waals surface area contributed by atoms with E-state index in [1.165, 1.54) is 18.2 Å². The van der Waals surface area contributed by atoms with Gasteiger partial charge in [0, 0.05) is 18.4 Å². The molecule has 2 N–H and O–H groups in total. The Morgan fingerprint density at radius 3 is 2.57 bits per heavy atom. The number of carbonyl (C=O) groups is 2. The van der Waals surface area contributed by atoms with E-state index in [1.807, 2.05) is 12.1 Å². The van der Waals surface area contributed by atoms with Crippen LogP contribution in [0.4, 0.5) is 11.4 Å². The van der Waals surface area contributed by atoms with Crippen LogP contribution in [0.15, 0.2) is 66.9 Å². The van der Waals surface area contributed by atoms with Gasteiger partial charge in [-0.2, -0.15) is 0 Å². The number of hydrogen-bond acceptors (Lipinski definition) is 5. The summed E-state index contributed by atoms with van der Waals surface area (Å²) in [4.78, 5) is 28.6. The molecule has 2 aromatic carbocycles. The Morgan fingerprint density at radius 2 is 1.79 bits per heavy atom. The summed E-state index contributed by atoms with van der Waals surface area (Å²) in [6.07, 6.45) is 1.57. The number of pyridine rings is 1. The van der Waals surface area contributed by atoms with Crippen molar-refractivity contribution in [1.82, 2.24) is 4.98 Å². The number of benzene rings is 2. The van der Waals surface area contributed by atoms with E-state index in [4.69, 9.17) is 4.74 Å². The van der Waals surface area contributed by atoms with Gasteiger partial charge in [0.05, 0.1) is 18.4 Å². The van der Waals surface area contributed by atoms with Crippen LogP contribution in [0.1, 0.15) is 32.0 Å². The second kappa shape index (κ2) is 8.81. The molecule has 3 rings (SSSR count). The maximum atomic E-state index is 12.6. The number of anilines is 2. The summed E-state index contributed by atoms with van der Waals surface area (Å²) in [6, 6.07) is 18.3. The van der Waals surface area contributed by atoms with Crippen LogP contribution in [0.2, 0.25) is 0 Å². The molecule has 0 saturated carbocycles. The highest BCUT2D eigenvalue weighted by Gasteiger charge is 2.15. The molecule has 1 amide bonds. The van der Waals surface area contributed by atoms with Crippen LogP contribution in [0.25, 0.3) is 0 Å². The van der Waals surface area contributed by atoms with Gasteiger partial charge in [0.2, 0.25) is 0 Å². The van der Waals surface area contributed by atoms with Crippen LogP contribution >= 0.6 is 0 Å². The minimum Gasteiger partial charge on any atom is -0.465 e. The largest absolute Gasteiger partial charge is 0.465 e. The number of esters is 1. The SMILES string of the molecule is COC(=O)c1ccccc1NC(=O)c1cc(NCc2ccccc2C)ccn1. The van der Waals surface area contributed by atoms with Gasteiger partial charge in [-0.15, -0.1) is 0 Å². The van der Waals surface area contributed by atoms with Crippen molar-refractivity contribution in [3.8, 4) is 0 Å². The van der Waals surface area contributed by atoms with Gasteiger partial charge in [-0.1, -0.05) is 36.4 Å². The first-order valence-electron chi connectivity index (χ1n) is 8.81. The number of hydrogen-bond donors (Lipinski definition) is 2. The predicted molar refractivity (Wildman–Crippen MR) is 108 cm³/mol. The fourth-order valence-corrected chi connectivity index (χ4v) is 2.74. The number of rotatable bonds is 6. The Kier molecular flexibility index (Phi) is 6.01. The maximum absolute atomic E-state index is 12.6. The maximum Gasteiger partial charge on any atom is 0.339 e. The van der Waals surface area contributed by atoms with Gasteiger partial charge in [0.25, 0.3) is 5.91 Å². The molecule has 1 heterocycles. The zero-order chi connectivity index (χ0) is 19.9. The molecular formula is C22H21N3O3. The zero-order valence-electron chi connectivity index (χ0n) is 15.7. The van der Waals surface area contributed by atoms with Gasteiger partial charge < -0.3 is 15.4 Å². The number of aromatic nitrogens is 1. The molecule has 0 saturated heterocycles. The Morgan fingerprint density at radius 1 is 1.04 bits per heavy atom. The van der Waals surface area contributed by atoms with Crippen molar-refractivity contribution in [2.24, 2.45) is 0 Å². The number of carbonyl (C=O) groups excluding carboxylic acids is 2. The predicted octanol–water partition coefficient (Wildman–Crippen LogP) is 4.04. The van der Waals surface area contributed by atoms with E-state index in [0.29, 0.717) is 12.2 Å². The van der Waals surface area contributed by atoms with Crippen LogP contribution in [-0.2, 0) is 11.3 Å². The third-order valence-corrected chi connectivity index (χ3v) is 4.32. The van der Waals surface area contributed by atoms with Crippen LogP contribution in [0.5, 0.6) is 0 Å².